The number of benzene rings is 1. The fourth-order valence-corrected chi connectivity index (χ4v) is 3.51. The number of ketones is 1. The number of carbonyl (C=O) groups excluding carboxylic acids is 1. The molecule has 0 aliphatic heterocycles. The summed E-state index contributed by atoms with van der Waals surface area (Å²) in [4.78, 5) is 21.5. The highest BCUT2D eigenvalue weighted by Crippen LogP contribution is 2.31. The van der Waals surface area contributed by atoms with Gasteiger partial charge in [0.15, 0.2) is 5.78 Å². The number of ether oxygens (including phenoxy) is 1. The van der Waals surface area contributed by atoms with E-state index in [1.165, 1.54) is 0 Å². The maximum absolute atomic E-state index is 12.5. The van der Waals surface area contributed by atoms with Crippen LogP contribution in [0.25, 0.3) is 27.7 Å². The van der Waals surface area contributed by atoms with Gasteiger partial charge in [-0.05, 0) is 49.1 Å². The van der Waals surface area contributed by atoms with Crippen LogP contribution in [-0.4, -0.2) is 35.1 Å². The van der Waals surface area contributed by atoms with Crippen molar-refractivity contribution in [3.63, 3.8) is 0 Å². The molecule has 32 heavy (non-hydrogen) atoms. The molecule has 3 aromatic rings. The molecule has 2 heterocycles. The number of rotatable bonds is 7. The Morgan fingerprint density at radius 2 is 1.81 bits per heavy atom. The van der Waals surface area contributed by atoms with Crippen LogP contribution in [0, 0.1) is 0 Å². The average molecular weight is 431 g/mol. The number of pyridine rings is 2. The molecule has 0 atom stereocenters. The number of methoxy groups -OCH3 is 1. The molecule has 0 unspecified atom stereocenters. The monoisotopic (exact) mass is 430 g/mol. The molecule has 5 heteroatoms. The summed E-state index contributed by atoms with van der Waals surface area (Å²) in [6, 6.07) is 10.0. The zero-order valence-corrected chi connectivity index (χ0v) is 19.3. The van der Waals surface area contributed by atoms with Crippen molar-refractivity contribution in [2.45, 2.75) is 27.2 Å². The summed E-state index contributed by atoms with van der Waals surface area (Å²) >= 11 is 0. The van der Waals surface area contributed by atoms with E-state index in [1.807, 2.05) is 62.4 Å². The second kappa shape index (κ2) is 11.7. The summed E-state index contributed by atoms with van der Waals surface area (Å²) in [5.74, 6) is 0.854. The third-order valence-electron chi connectivity index (χ3n) is 5.12. The molecule has 0 amide bonds. The smallest absolute Gasteiger partial charge is 0.160 e. The SMILES string of the molecule is C=C/C(=C\C=C(/C)OC)c1ccc(-c2nc3ccncc3c(C(C)=O)c2CC)cc1.CO. The fourth-order valence-electron chi connectivity index (χ4n) is 3.51. The molecule has 0 bridgehead atoms. The van der Waals surface area contributed by atoms with Crippen molar-refractivity contribution in [1.82, 2.24) is 9.97 Å². The van der Waals surface area contributed by atoms with Gasteiger partial charge >= 0.3 is 0 Å². The van der Waals surface area contributed by atoms with Crippen LogP contribution in [-0.2, 0) is 11.2 Å². The molecule has 0 aliphatic carbocycles. The summed E-state index contributed by atoms with van der Waals surface area (Å²) in [5, 5.41) is 7.80. The number of aromatic nitrogens is 2. The number of Topliss-reactive ketones (excluding diaryl/α,β-unsaturated/α-hetero) is 1. The van der Waals surface area contributed by atoms with E-state index in [2.05, 4.69) is 11.6 Å². The highest BCUT2D eigenvalue weighted by molar-refractivity contribution is 6.08. The first-order valence-corrected chi connectivity index (χ1v) is 10.4. The maximum atomic E-state index is 12.5. The number of aliphatic hydroxyl groups excluding tert-OH is 1. The van der Waals surface area contributed by atoms with Crippen LogP contribution in [0.3, 0.4) is 0 Å². The Bertz CT molecular complexity index is 1160. The molecule has 1 aromatic carbocycles. The van der Waals surface area contributed by atoms with Crippen molar-refractivity contribution in [2.24, 2.45) is 0 Å². The highest BCUT2D eigenvalue weighted by atomic mass is 16.5. The van der Waals surface area contributed by atoms with Crippen molar-refractivity contribution in [3.8, 4) is 11.3 Å². The Balaban J connectivity index is 0.00000176. The minimum atomic E-state index is 0.0299. The molecular weight excluding hydrogens is 400 g/mol. The van der Waals surface area contributed by atoms with Gasteiger partial charge in [0.2, 0.25) is 0 Å². The van der Waals surface area contributed by atoms with Crippen molar-refractivity contribution in [2.75, 3.05) is 14.2 Å². The fraction of sp³-hybridized carbons (Fsp3) is 0.222. The molecular formula is C27H30N2O3. The number of nitrogens with zero attached hydrogens (tertiary/aromatic N) is 2. The molecule has 0 radical (unpaired) electrons. The quantitative estimate of drug-likeness (QED) is 0.292. The first-order chi connectivity index (χ1) is 15.5. The van der Waals surface area contributed by atoms with Gasteiger partial charge in [0.1, 0.15) is 0 Å². The van der Waals surface area contributed by atoms with Gasteiger partial charge < -0.3 is 9.84 Å². The molecule has 5 nitrogen and oxygen atoms in total. The predicted molar refractivity (Wildman–Crippen MR) is 131 cm³/mol. The van der Waals surface area contributed by atoms with Crippen molar-refractivity contribution in [3.05, 3.63) is 90.0 Å². The summed E-state index contributed by atoms with van der Waals surface area (Å²) in [6.45, 7) is 9.47. The van der Waals surface area contributed by atoms with Crippen LogP contribution in [0.4, 0.5) is 0 Å². The molecule has 2 aromatic heterocycles. The van der Waals surface area contributed by atoms with Crippen LogP contribution in [0.2, 0.25) is 0 Å². The lowest BCUT2D eigenvalue weighted by atomic mass is 9.93. The number of fused-ring (bicyclic) bond motifs is 1. The zero-order valence-electron chi connectivity index (χ0n) is 19.3. The molecule has 0 saturated heterocycles. The van der Waals surface area contributed by atoms with E-state index in [0.29, 0.717) is 12.0 Å². The lowest BCUT2D eigenvalue weighted by molar-refractivity contribution is 0.101. The number of aliphatic hydroxyl groups is 1. The largest absolute Gasteiger partial charge is 0.501 e. The molecule has 0 spiro atoms. The summed E-state index contributed by atoms with van der Waals surface area (Å²) < 4.78 is 5.19. The first-order valence-electron chi connectivity index (χ1n) is 10.4. The maximum Gasteiger partial charge on any atom is 0.160 e. The molecule has 3 rings (SSSR count). The summed E-state index contributed by atoms with van der Waals surface area (Å²) in [5.41, 5.74) is 6.30. The van der Waals surface area contributed by atoms with Crippen LogP contribution in [0.15, 0.2) is 73.3 Å². The zero-order chi connectivity index (χ0) is 23.7. The van der Waals surface area contributed by atoms with Crippen molar-refractivity contribution >= 4 is 22.3 Å². The van der Waals surface area contributed by atoms with E-state index in [-0.39, 0.29) is 5.78 Å². The van der Waals surface area contributed by atoms with E-state index < -0.39 is 0 Å². The molecule has 166 valence electrons. The van der Waals surface area contributed by atoms with Gasteiger partial charge in [-0.3, -0.25) is 9.78 Å². The predicted octanol–water partition coefficient (Wildman–Crippen LogP) is 5.79. The van der Waals surface area contributed by atoms with Gasteiger partial charge in [0.05, 0.1) is 24.1 Å². The topological polar surface area (TPSA) is 72.3 Å². The van der Waals surface area contributed by atoms with Crippen LogP contribution in [0.5, 0.6) is 0 Å². The number of carbonyl (C=O) groups is 1. The second-order valence-electron chi connectivity index (χ2n) is 7.00. The third-order valence-corrected chi connectivity index (χ3v) is 5.12. The van der Waals surface area contributed by atoms with Crippen LogP contribution < -0.4 is 0 Å². The molecule has 0 saturated carbocycles. The van der Waals surface area contributed by atoms with Crippen LogP contribution >= 0.6 is 0 Å². The van der Waals surface area contributed by atoms with Gasteiger partial charge in [-0.15, -0.1) is 0 Å². The van der Waals surface area contributed by atoms with E-state index in [9.17, 15) is 4.79 Å². The Morgan fingerprint density at radius 1 is 1.12 bits per heavy atom. The minimum absolute atomic E-state index is 0.0299. The van der Waals surface area contributed by atoms with Gasteiger partial charge in [0.25, 0.3) is 0 Å². The third kappa shape index (κ3) is 5.37. The minimum Gasteiger partial charge on any atom is -0.501 e. The van der Waals surface area contributed by atoms with Crippen molar-refractivity contribution in [1.29, 1.82) is 0 Å². The first kappa shape index (κ1) is 24.7. The Labute approximate surface area is 189 Å². The van der Waals surface area contributed by atoms with Gasteiger partial charge in [-0.2, -0.15) is 0 Å². The van der Waals surface area contributed by atoms with Gasteiger partial charge in [-0.1, -0.05) is 49.9 Å². The number of allylic oxidation sites excluding steroid dienone is 5. The lowest BCUT2D eigenvalue weighted by Gasteiger charge is -2.15. The number of hydrogen-bond acceptors (Lipinski definition) is 5. The van der Waals surface area contributed by atoms with Gasteiger partial charge in [0, 0.05) is 36.0 Å². The standard InChI is InChI=1S/C26H26N2O2.CH4O/c1-6-19(9-8-17(3)30-5)20-10-12-21(13-11-20)26-22(7-2)25(18(4)29)23-16-27-15-14-24(23)28-26;1-2/h6,8-16H,1,7H2,2-5H3;2H,1H3/b17-8+,19-9+;. The van der Waals surface area contributed by atoms with E-state index in [1.54, 1.807) is 26.4 Å². The number of hydrogen-bond donors (Lipinski definition) is 1. The molecule has 0 fully saturated rings. The Kier molecular flexibility index (Phi) is 9.05. The van der Waals surface area contributed by atoms with Crippen molar-refractivity contribution < 1.29 is 14.6 Å². The highest BCUT2D eigenvalue weighted by Gasteiger charge is 2.18. The average Bonchev–Trinajstić information content (AvgIpc) is 2.84. The van der Waals surface area contributed by atoms with E-state index in [4.69, 9.17) is 14.8 Å². The second-order valence-corrected chi connectivity index (χ2v) is 7.00. The molecule has 1 N–H and O–H groups in total. The summed E-state index contributed by atoms with van der Waals surface area (Å²) in [6.07, 6.45) is 9.85. The van der Waals surface area contributed by atoms with Gasteiger partial charge in [-0.25, -0.2) is 4.98 Å². The normalized spacial score (nSPS) is 11.6. The Morgan fingerprint density at radius 3 is 2.38 bits per heavy atom. The Hall–Kier alpha value is -3.57. The van der Waals surface area contributed by atoms with Crippen LogP contribution in [0.1, 0.15) is 42.3 Å². The van der Waals surface area contributed by atoms with E-state index >= 15 is 0 Å². The van der Waals surface area contributed by atoms with E-state index in [0.717, 1.165) is 51.7 Å². The molecule has 0 aliphatic rings. The summed E-state index contributed by atoms with van der Waals surface area (Å²) in [7, 11) is 2.65. The lowest BCUT2D eigenvalue weighted by Crippen LogP contribution is -2.05.